The van der Waals surface area contributed by atoms with Crippen LogP contribution in [0.3, 0.4) is 0 Å². The second-order valence-electron chi connectivity index (χ2n) is 6.96. The number of amides is 1. The number of carbonyl (C=O) groups is 1. The Balaban J connectivity index is 1.69. The molecular weight excluding hydrogens is 414 g/mol. The number of nitriles is 1. The average molecular weight is 431 g/mol. The second kappa shape index (κ2) is 7.66. The number of anilines is 1. The van der Waals surface area contributed by atoms with Crippen LogP contribution < -0.4 is 4.90 Å². The number of imidazole rings is 1. The van der Waals surface area contributed by atoms with E-state index in [1.165, 1.54) is 23.2 Å². The topological polar surface area (TPSA) is 108 Å². The van der Waals surface area contributed by atoms with E-state index in [1.54, 1.807) is 60.2 Å². The van der Waals surface area contributed by atoms with E-state index >= 15 is 0 Å². The van der Waals surface area contributed by atoms with Gasteiger partial charge in [0.05, 0.1) is 34.6 Å². The first-order valence-corrected chi connectivity index (χ1v) is 11.1. The van der Waals surface area contributed by atoms with E-state index in [9.17, 15) is 13.2 Å². The van der Waals surface area contributed by atoms with Crippen LogP contribution in [0.4, 0.5) is 5.69 Å². The normalized spacial score (nSPS) is 11.3. The number of sulfone groups is 1. The summed E-state index contributed by atoms with van der Waals surface area (Å²) >= 11 is 0. The van der Waals surface area contributed by atoms with Crippen molar-refractivity contribution in [3.8, 4) is 17.3 Å². The highest BCUT2D eigenvalue weighted by Crippen LogP contribution is 2.23. The standard InChI is InChI=1S/C22H17N5O3S/c1-26(17-7-3-15(11-23)4-8-17)22(28)19-14-27-20(12-25-21(27)13-24-19)16-5-9-18(10-6-16)31(2,29)30/h3-10,12-14H,1-2H3. The molecule has 0 aliphatic rings. The summed E-state index contributed by atoms with van der Waals surface area (Å²) in [6, 6.07) is 15.2. The van der Waals surface area contributed by atoms with Crippen LogP contribution in [0.2, 0.25) is 0 Å². The summed E-state index contributed by atoms with van der Waals surface area (Å²) < 4.78 is 25.1. The Bertz CT molecular complexity index is 1430. The Morgan fingerprint density at radius 2 is 1.71 bits per heavy atom. The Morgan fingerprint density at radius 1 is 1.03 bits per heavy atom. The lowest BCUT2D eigenvalue weighted by Crippen LogP contribution is -2.27. The van der Waals surface area contributed by atoms with Gasteiger partial charge in [-0.3, -0.25) is 9.20 Å². The van der Waals surface area contributed by atoms with Gasteiger partial charge in [0.15, 0.2) is 15.5 Å². The summed E-state index contributed by atoms with van der Waals surface area (Å²) in [7, 11) is -1.66. The van der Waals surface area contributed by atoms with E-state index in [0.29, 0.717) is 22.6 Å². The molecule has 2 aromatic heterocycles. The molecule has 0 unspecified atom stereocenters. The molecule has 9 heteroatoms. The van der Waals surface area contributed by atoms with Gasteiger partial charge in [-0.05, 0) is 36.4 Å². The summed E-state index contributed by atoms with van der Waals surface area (Å²) in [5.41, 5.74) is 3.37. The first-order chi connectivity index (χ1) is 14.8. The molecule has 0 aliphatic heterocycles. The largest absolute Gasteiger partial charge is 0.310 e. The molecule has 0 fully saturated rings. The lowest BCUT2D eigenvalue weighted by atomic mass is 10.2. The quantitative estimate of drug-likeness (QED) is 0.492. The molecular formula is C22H17N5O3S. The molecule has 0 aliphatic carbocycles. The van der Waals surface area contributed by atoms with Gasteiger partial charge in [0, 0.05) is 30.8 Å². The molecule has 4 aromatic rings. The van der Waals surface area contributed by atoms with Crippen LogP contribution in [-0.2, 0) is 9.84 Å². The fourth-order valence-corrected chi connectivity index (χ4v) is 3.77. The lowest BCUT2D eigenvalue weighted by molar-refractivity contribution is 0.0988. The zero-order valence-corrected chi connectivity index (χ0v) is 17.5. The van der Waals surface area contributed by atoms with Crippen molar-refractivity contribution in [1.29, 1.82) is 5.26 Å². The number of fused-ring (bicyclic) bond motifs is 1. The summed E-state index contributed by atoms with van der Waals surface area (Å²) in [5, 5.41) is 8.93. The number of aromatic nitrogens is 3. The van der Waals surface area contributed by atoms with Gasteiger partial charge < -0.3 is 4.90 Å². The van der Waals surface area contributed by atoms with E-state index < -0.39 is 9.84 Å². The van der Waals surface area contributed by atoms with Crippen molar-refractivity contribution in [3.63, 3.8) is 0 Å². The maximum Gasteiger partial charge on any atom is 0.278 e. The van der Waals surface area contributed by atoms with E-state index in [2.05, 4.69) is 9.97 Å². The smallest absolute Gasteiger partial charge is 0.278 e. The second-order valence-corrected chi connectivity index (χ2v) is 8.98. The monoisotopic (exact) mass is 431 g/mol. The van der Waals surface area contributed by atoms with E-state index in [1.807, 2.05) is 6.07 Å². The molecule has 8 nitrogen and oxygen atoms in total. The number of rotatable bonds is 4. The van der Waals surface area contributed by atoms with Crippen molar-refractivity contribution >= 4 is 27.1 Å². The van der Waals surface area contributed by atoms with Crippen LogP contribution in [0, 0.1) is 11.3 Å². The van der Waals surface area contributed by atoms with Gasteiger partial charge in [-0.2, -0.15) is 5.26 Å². The Hall–Kier alpha value is -4.03. The van der Waals surface area contributed by atoms with Crippen molar-refractivity contribution in [3.05, 3.63) is 78.4 Å². The number of nitrogens with zero attached hydrogens (tertiary/aromatic N) is 5. The van der Waals surface area contributed by atoms with Crippen molar-refractivity contribution in [2.75, 3.05) is 18.2 Å². The van der Waals surface area contributed by atoms with E-state index in [-0.39, 0.29) is 16.5 Å². The molecule has 4 rings (SSSR count). The molecule has 31 heavy (non-hydrogen) atoms. The van der Waals surface area contributed by atoms with Crippen LogP contribution in [0.1, 0.15) is 16.1 Å². The third kappa shape index (κ3) is 3.89. The minimum atomic E-state index is -3.29. The SMILES string of the molecule is CN(C(=O)c1cn2c(-c3ccc(S(C)(=O)=O)cc3)cnc2cn1)c1ccc(C#N)cc1. The Morgan fingerprint density at radius 3 is 2.32 bits per heavy atom. The lowest BCUT2D eigenvalue weighted by Gasteiger charge is -2.17. The average Bonchev–Trinajstić information content (AvgIpc) is 3.21. The fourth-order valence-electron chi connectivity index (χ4n) is 3.13. The molecule has 0 radical (unpaired) electrons. The maximum atomic E-state index is 13.0. The third-order valence-corrected chi connectivity index (χ3v) is 6.01. The van der Waals surface area contributed by atoms with E-state index in [4.69, 9.17) is 5.26 Å². The van der Waals surface area contributed by atoms with Crippen LogP contribution in [0.5, 0.6) is 0 Å². The third-order valence-electron chi connectivity index (χ3n) is 4.88. The van der Waals surface area contributed by atoms with E-state index in [0.717, 1.165) is 11.8 Å². The molecule has 2 heterocycles. The highest BCUT2D eigenvalue weighted by Gasteiger charge is 2.17. The van der Waals surface area contributed by atoms with Crippen molar-refractivity contribution in [2.45, 2.75) is 4.90 Å². The van der Waals surface area contributed by atoms with Crippen LogP contribution in [0.15, 0.2) is 72.0 Å². The van der Waals surface area contributed by atoms with Gasteiger partial charge in [-0.15, -0.1) is 0 Å². The zero-order valence-electron chi connectivity index (χ0n) is 16.7. The van der Waals surface area contributed by atoms with Crippen molar-refractivity contribution in [1.82, 2.24) is 14.4 Å². The molecule has 0 spiro atoms. The summed E-state index contributed by atoms with van der Waals surface area (Å²) in [6.45, 7) is 0. The molecule has 0 saturated heterocycles. The minimum Gasteiger partial charge on any atom is -0.310 e. The zero-order chi connectivity index (χ0) is 22.2. The number of carbonyl (C=O) groups excluding carboxylic acids is 1. The van der Waals surface area contributed by atoms with Gasteiger partial charge in [0.25, 0.3) is 5.91 Å². The summed E-state index contributed by atoms with van der Waals surface area (Å²) in [4.78, 5) is 23.2. The molecule has 2 aromatic carbocycles. The number of hydrogen-bond donors (Lipinski definition) is 0. The molecule has 0 atom stereocenters. The molecule has 0 bridgehead atoms. The van der Waals surface area contributed by atoms with Gasteiger partial charge in [-0.1, -0.05) is 12.1 Å². The number of hydrogen-bond acceptors (Lipinski definition) is 6. The van der Waals surface area contributed by atoms with Crippen molar-refractivity contribution < 1.29 is 13.2 Å². The predicted molar refractivity (Wildman–Crippen MR) is 115 cm³/mol. The minimum absolute atomic E-state index is 0.214. The van der Waals surface area contributed by atoms with Gasteiger partial charge in [-0.25, -0.2) is 18.4 Å². The van der Waals surface area contributed by atoms with Gasteiger partial charge in [0.1, 0.15) is 5.69 Å². The first kappa shape index (κ1) is 20.3. The van der Waals surface area contributed by atoms with Crippen molar-refractivity contribution in [2.24, 2.45) is 0 Å². The van der Waals surface area contributed by atoms with Gasteiger partial charge in [0.2, 0.25) is 0 Å². The molecule has 1 amide bonds. The van der Waals surface area contributed by atoms with Crippen LogP contribution in [-0.4, -0.2) is 42.0 Å². The highest BCUT2D eigenvalue weighted by molar-refractivity contribution is 7.90. The number of benzene rings is 2. The predicted octanol–water partition coefficient (Wildman–Crippen LogP) is 2.95. The highest BCUT2D eigenvalue weighted by atomic mass is 32.2. The Labute approximate surface area is 179 Å². The fraction of sp³-hybridized carbons (Fsp3) is 0.0909. The molecule has 154 valence electrons. The Kier molecular flexibility index (Phi) is 5.01. The first-order valence-electron chi connectivity index (χ1n) is 9.20. The molecule has 0 saturated carbocycles. The van der Waals surface area contributed by atoms with Crippen LogP contribution in [0.25, 0.3) is 16.9 Å². The summed E-state index contributed by atoms with van der Waals surface area (Å²) in [6.07, 6.45) is 5.91. The van der Waals surface area contributed by atoms with Crippen LogP contribution >= 0.6 is 0 Å². The van der Waals surface area contributed by atoms with Gasteiger partial charge >= 0.3 is 0 Å². The molecule has 0 N–H and O–H groups in total. The maximum absolute atomic E-state index is 13.0. The summed E-state index contributed by atoms with van der Waals surface area (Å²) in [5.74, 6) is -0.321.